The summed E-state index contributed by atoms with van der Waals surface area (Å²) >= 11 is 0. The second-order valence-electron chi connectivity index (χ2n) is 8.35. The highest BCUT2D eigenvalue weighted by molar-refractivity contribution is 7.92. The van der Waals surface area contributed by atoms with Gasteiger partial charge in [0.05, 0.1) is 24.8 Å². The van der Waals surface area contributed by atoms with Crippen molar-refractivity contribution in [2.24, 2.45) is 11.8 Å². The van der Waals surface area contributed by atoms with Crippen LogP contribution in [0.3, 0.4) is 0 Å². The molecule has 1 N–H and O–H groups in total. The lowest BCUT2D eigenvalue weighted by atomic mass is 9.95. The van der Waals surface area contributed by atoms with Crippen molar-refractivity contribution in [2.45, 2.75) is 36.6 Å². The quantitative estimate of drug-likeness (QED) is 0.651. The molecule has 2 bridgehead atoms. The largest absolute Gasteiger partial charge is 0.493 e. The number of amides is 1. The summed E-state index contributed by atoms with van der Waals surface area (Å²) < 4.78 is 52.0. The van der Waals surface area contributed by atoms with Gasteiger partial charge in [0.15, 0.2) is 11.5 Å². The van der Waals surface area contributed by atoms with E-state index in [0.717, 1.165) is 23.6 Å². The first-order chi connectivity index (χ1) is 15.3. The number of benzene rings is 2. The van der Waals surface area contributed by atoms with Gasteiger partial charge in [-0.05, 0) is 67.5 Å². The molecule has 32 heavy (non-hydrogen) atoms. The van der Waals surface area contributed by atoms with E-state index in [2.05, 4.69) is 5.32 Å². The number of halogens is 1. The van der Waals surface area contributed by atoms with Gasteiger partial charge in [0.25, 0.3) is 10.0 Å². The third-order valence-corrected chi connectivity index (χ3v) is 8.20. The number of hydrogen-bond donors (Lipinski definition) is 1. The van der Waals surface area contributed by atoms with E-state index in [1.54, 1.807) is 0 Å². The van der Waals surface area contributed by atoms with E-state index in [0.29, 0.717) is 17.6 Å². The highest BCUT2D eigenvalue weighted by atomic mass is 32.2. The molecule has 2 aromatic rings. The second kappa shape index (κ2) is 8.97. The molecular formula is C23H27FN2O5S. The van der Waals surface area contributed by atoms with E-state index in [4.69, 9.17) is 9.47 Å². The van der Waals surface area contributed by atoms with Gasteiger partial charge >= 0.3 is 0 Å². The van der Waals surface area contributed by atoms with Crippen LogP contribution in [0.5, 0.6) is 11.5 Å². The van der Waals surface area contributed by atoms with Gasteiger partial charge < -0.3 is 14.8 Å². The van der Waals surface area contributed by atoms with Crippen LogP contribution in [0.15, 0.2) is 47.4 Å². The highest BCUT2D eigenvalue weighted by Crippen LogP contribution is 2.44. The van der Waals surface area contributed by atoms with E-state index < -0.39 is 22.4 Å². The zero-order chi connectivity index (χ0) is 22.9. The predicted octanol–water partition coefficient (Wildman–Crippen LogP) is 3.34. The topological polar surface area (TPSA) is 84.9 Å². The van der Waals surface area contributed by atoms with Crippen LogP contribution in [0, 0.1) is 17.7 Å². The highest BCUT2D eigenvalue weighted by Gasteiger charge is 2.40. The standard InChI is InChI=1S/C23H27FN2O5S/c1-30-21-10-9-19(13-22(21)31-2)32(28,29)26(18-7-5-17(24)6-8-18)14-23(27)25-20-12-15-3-4-16(20)11-15/h5-10,13,15-16,20H,3-4,11-12,14H2,1-2H3,(H,25,27)/t15-,16-,20+/m0/s1. The molecule has 0 heterocycles. The summed E-state index contributed by atoms with van der Waals surface area (Å²) in [4.78, 5) is 12.8. The molecule has 7 nitrogen and oxygen atoms in total. The maximum atomic E-state index is 13.5. The fraction of sp³-hybridized carbons (Fsp3) is 0.435. The van der Waals surface area contributed by atoms with E-state index in [9.17, 15) is 17.6 Å². The maximum absolute atomic E-state index is 13.5. The summed E-state index contributed by atoms with van der Waals surface area (Å²) in [5, 5.41) is 3.02. The Hall–Kier alpha value is -2.81. The molecule has 0 unspecified atom stereocenters. The van der Waals surface area contributed by atoms with Crippen molar-refractivity contribution in [2.75, 3.05) is 25.1 Å². The van der Waals surface area contributed by atoms with Crippen LogP contribution >= 0.6 is 0 Å². The Labute approximate surface area is 187 Å². The number of anilines is 1. The van der Waals surface area contributed by atoms with Crippen molar-refractivity contribution in [3.05, 3.63) is 48.3 Å². The summed E-state index contributed by atoms with van der Waals surface area (Å²) in [6.45, 7) is -0.407. The van der Waals surface area contributed by atoms with E-state index in [1.165, 1.54) is 63.1 Å². The fourth-order valence-electron chi connectivity index (χ4n) is 4.83. The number of nitrogens with one attached hydrogen (secondary N) is 1. The van der Waals surface area contributed by atoms with Crippen molar-refractivity contribution in [3.8, 4) is 11.5 Å². The van der Waals surface area contributed by atoms with Gasteiger partial charge in [0.2, 0.25) is 5.91 Å². The van der Waals surface area contributed by atoms with Crippen LogP contribution < -0.4 is 19.1 Å². The van der Waals surface area contributed by atoms with Gasteiger partial charge in [-0.3, -0.25) is 9.10 Å². The van der Waals surface area contributed by atoms with Crippen molar-refractivity contribution >= 4 is 21.6 Å². The average Bonchev–Trinajstić information content (AvgIpc) is 3.41. The molecule has 2 aliphatic rings. The molecule has 0 aromatic heterocycles. The zero-order valence-electron chi connectivity index (χ0n) is 18.1. The van der Waals surface area contributed by atoms with Gasteiger partial charge in [0, 0.05) is 12.1 Å². The number of ether oxygens (including phenoxy) is 2. The van der Waals surface area contributed by atoms with Crippen molar-refractivity contribution < 1.29 is 27.1 Å². The molecule has 3 atom stereocenters. The molecular weight excluding hydrogens is 435 g/mol. The summed E-state index contributed by atoms with van der Waals surface area (Å²) in [5.74, 6) is 0.868. The van der Waals surface area contributed by atoms with Gasteiger partial charge in [-0.15, -0.1) is 0 Å². The average molecular weight is 463 g/mol. The Kier molecular flexibility index (Phi) is 6.28. The van der Waals surface area contributed by atoms with Gasteiger partial charge in [-0.1, -0.05) is 6.42 Å². The molecule has 0 aliphatic heterocycles. The molecule has 4 rings (SSSR count). The van der Waals surface area contributed by atoms with Gasteiger partial charge in [0.1, 0.15) is 12.4 Å². The third kappa shape index (κ3) is 4.39. The van der Waals surface area contributed by atoms with E-state index in [1.807, 2.05) is 0 Å². The number of hydrogen-bond acceptors (Lipinski definition) is 5. The number of methoxy groups -OCH3 is 2. The van der Waals surface area contributed by atoms with Crippen LogP contribution in [0.2, 0.25) is 0 Å². The minimum Gasteiger partial charge on any atom is -0.493 e. The first kappa shape index (κ1) is 22.4. The molecule has 1 amide bonds. The lowest BCUT2D eigenvalue weighted by Crippen LogP contribution is -2.46. The summed E-state index contributed by atoms with van der Waals surface area (Å²) in [7, 11) is -1.28. The Bertz CT molecular complexity index is 1090. The number of sulfonamides is 1. The van der Waals surface area contributed by atoms with E-state index >= 15 is 0 Å². The molecule has 2 aliphatic carbocycles. The van der Waals surface area contributed by atoms with Gasteiger partial charge in [-0.25, -0.2) is 12.8 Å². The molecule has 0 radical (unpaired) electrons. The van der Waals surface area contributed by atoms with Crippen LogP contribution in [-0.4, -0.2) is 41.1 Å². The van der Waals surface area contributed by atoms with E-state index in [-0.39, 0.29) is 28.3 Å². The summed E-state index contributed by atoms with van der Waals surface area (Å²) in [6, 6.07) is 9.33. The number of rotatable bonds is 8. The molecule has 0 saturated heterocycles. The Balaban J connectivity index is 1.63. The minimum absolute atomic E-state index is 0.0628. The molecule has 2 saturated carbocycles. The van der Waals surface area contributed by atoms with Crippen LogP contribution in [-0.2, 0) is 14.8 Å². The van der Waals surface area contributed by atoms with Crippen LogP contribution in [0.4, 0.5) is 10.1 Å². The number of fused-ring (bicyclic) bond motifs is 2. The van der Waals surface area contributed by atoms with Crippen molar-refractivity contribution in [1.29, 1.82) is 0 Å². The Morgan fingerprint density at radius 3 is 2.38 bits per heavy atom. The van der Waals surface area contributed by atoms with Gasteiger partial charge in [-0.2, -0.15) is 0 Å². The Morgan fingerprint density at radius 2 is 1.78 bits per heavy atom. The number of nitrogens with zero attached hydrogens (tertiary/aromatic N) is 1. The summed E-state index contributed by atoms with van der Waals surface area (Å²) in [6.07, 6.45) is 4.36. The van der Waals surface area contributed by atoms with Crippen molar-refractivity contribution in [1.82, 2.24) is 5.32 Å². The minimum atomic E-state index is -4.15. The summed E-state index contributed by atoms with van der Waals surface area (Å²) in [5.41, 5.74) is 0.198. The number of carbonyl (C=O) groups is 1. The molecule has 172 valence electrons. The van der Waals surface area contributed by atoms with Crippen LogP contribution in [0.25, 0.3) is 0 Å². The third-order valence-electron chi connectivity index (χ3n) is 6.43. The van der Waals surface area contributed by atoms with Crippen molar-refractivity contribution in [3.63, 3.8) is 0 Å². The normalized spacial score (nSPS) is 21.9. The lowest BCUT2D eigenvalue weighted by molar-refractivity contribution is -0.120. The second-order valence-corrected chi connectivity index (χ2v) is 10.2. The molecule has 0 spiro atoms. The smallest absolute Gasteiger partial charge is 0.264 e. The SMILES string of the molecule is COc1ccc(S(=O)(=O)N(CC(=O)N[C@@H]2C[C@H]3CC[C@H]2C3)c2ccc(F)cc2)cc1OC. The molecule has 2 aromatic carbocycles. The number of carbonyl (C=O) groups excluding carboxylic acids is 1. The molecule has 2 fully saturated rings. The Morgan fingerprint density at radius 1 is 1.06 bits per heavy atom. The predicted molar refractivity (Wildman–Crippen MR) is 118 cm³/mol. The fourth-order valence-corrected chi connectivity index (χ4v) is 6.27. The molecule has 9 heteroatoms. The van der Waals surface area contributed by atoms with Crippen LogP contribution in [0.1, 0.15) is 25.7 Å². The first-order valence-corrected chi connectivity index (χ1v) is 12.1. The monoisotopic (exact) mass is 462 g/mol. The first-order valence-electron chi connectivity index (χ1n) is 10.6. The maximum Gasteiger partial charge on any atom is 0.264 e. The zero-order valence-corrected chi connectivity index (χ0v) is 18.9. The lowest BCUT2D eigenvalue weighted by Gasteiger charge is -2.27.